The van der Waals surface area contributed by atoms with E-state index in [0.29, 0.717) is 0 Å². The summed E-state index contributed by atoms with van der Waals surface area (Å²) >= 11 is 0. The average molecular weight is 253 g/mol. The van der Waals surface area contributed by atoms with Crippen molar-refractivity contribution < 1.29 is 4.74 Å². The van der Waals surface area contributed by atoms with Gasteiger partial charge >= 0.3 is 0 Å². The van der Waals surface area contributed by atoms with Crippen LogP contribution in [0.25, 0.3) is 0 Å². The molecular weight excluding hydrogens is 234 g/mol. The third kappa shape index (κ3) is 2.62. The summed E-state index contributed by atoms with van der Waals surface area (Å²) < 4.78 is 5.46. The van der Waals surface area contributed by atoms with Crippen LogP contribution < -0.4 is 4.74 Å². The number of ether oxygens (including phenoxy) is 1. The number of pyridine rings is 1. The molecule has 1 heterocycles. The molecule has 0 N–H and O–H groups in total. The van der Waals surface area contributed by atoms with Crippen molar-refractivity contribution in [3.05, 3.63) is 59.4 Å². The van der Waals surface area contributed by atoms with Gasteiger partial charge in [-0.15, -0.1) is 0 Å². The minimum absolute atomic E-state index is 0.738. The van der Waals surface area contributed by atoms with Gasteiger partial charge in [-0.2, -0.15) is 0 Å². The molecule has 0 saturated heterocycles. The number of fused-ring (bicyclic) bond motifs is 1. The van der Waals surface area contributed by atoms with Gasteiger partial charge in [-0.05, 0) is 66.5 Å². The summed E-state index contributed by atoms with van der Waals surface area (Å²) in [5, 5.41) is 0. The van der Waals surface area contributed by atoms with Gasteiger partial charge in [0.1, 0.15) is 5.75 Å². The lowest BCUT2D eigenvalue weighted by atomic mass is 9.80. The molecular formula is C17H19NO. The maximum absolute atomic E-state index is 5.46. The molecule has 0 bridgehead atoms. The summed E-state index contributed by atoms with van der Waals surface area (Å²) in [5.74, 6) is 1.79. The van der Waals surface area contributed by atoms with Gasteiger partial charge in [-0.25, -0.2) is 0 Å². The zero-order valence-electron chi connectivity index (χ0n) is 11.3. The number of hydrogen-bond acceptors (Lipinski definition) is 2. The highest BCUT2D eigenvalue weighted by Crippen LogP contribution is 2.33. The number of aromatic nitrogens is 1. The first-order chi connectivity index (χ1) is 9.36. The Labute approximate surface area is 114 Å². The molecule has 0 amide bonds. The summed E-state index contributed by atoms with van der Waals surface area (Å²) in [5.41, 5.74) is 4.27. The normalized spacial score (nSPS) is 17.8. The molecule has 1 aromatic carbocycles. The van der Waals surface area contributed by atoms with Gasteiger partial charge in [0.2, 0.25) is 0 Å². The lowest BCUT2D eigenvalue weighted by Gasteiger charge is -2.26. The number of nitrogens with zero attached hydrogens (tertiary/aromatic N) is 1. The molecule has 0 saturated carbocycles. The Bertz CT molecular complexity index is 550. The Morgan fingerprint density at radius 2 is 2.05 bits per heavy atom. The van der Waals surface area contributed by atoms with Crippen molar-refractivity contribution in [3.63, 3.8) is 0 Å². The van der Waals surface area contributed by atoms with Crippen LogP contribution in [0.15, 0.2) is 42.7 Å². The highest BCUT2D eigenvalue weighted by atomic mass is 16.5. The molecule has 0 unspecified atom stereocenters. The van der Waals surface area contributed by atoms with Gasteiger partial charge < -0.3 is 4.74 Å². The van der Waals surface area contributed by atoms with Crippen LogP contribution in [-0.4, -0.2) is 12.1 Å². The van der Waals surface area contributed by atoms with Crippen LogP contribution in [0, 0.1) is 5.92 Å². The van der Waals surface area contributed by atoms with Crippen molar-refractivity contribution in [2.75, 3.05) is 7.11 Å². The lowest BCUT2D eigenvalue weighted by Crippen LogP contribution is -2.17. The summed E-state index contributed by atoms with van der Waals surface area (Å²) in [6.07, 6.45) is 8.46. The molecule has 2 nitrogen and oxygen atoms in total. The predicted molar refractivity (Wildman–Crippen MR) is 76.5 cm³/mol. The van der Waals surface area contributed by atoms with E-state index in [1.807, 2.05) is 12.4 Å². The molecule has 0 fully saturated rings. The van der Waals surface area contributed by atoms with Crippen molar-refractivity contribution >= 4 is 0 Å². The third-order valence-corrected chi connectivity index (χ3v) is 4.03. The Morgan fingerprint density at radius 3 is 2.84 bits per heavy atom. The van der Waals surface area contributed by atoms with Gasteiger partial charge in [0.15, 0.2) is 0 Å². The van der Waals surface area contributed by atoms with E-state index in [2.05, 4.69) is 35.3 Å². The van der Waals surface area contributed by atoms with Gasteiger partial charge in [-0.3, -0.25) is 4.98 Å². The van der Waals surface area contributed by atoms with E-state index in [4.69, 9.17) is 4.74 Å². The quantitative estimate of drug-likeness (QED) is 0.836. The summed E-state index contributed by atoms with van der Waals surface area (Å²) in [6, 6.07) is 10.7. The third-order valence-electron chi connectivity index (χ3n) is 4.03. The minimum Gasteiger partial charge on any atom is -0.496 e. The van der Waals surface area contributed by atoms with E-state index < -0.39 is 0 Å². The lowest BCUT2D eigenvalue weighted by molar-refractivity contribution is 0.394. The molecule has 1 aromatic heterocycles. The van der Waals surface area contributed by atoms with Crippen molar-refractivity contribution in [3.8, 4) is 5.75 Å². The predicted octanol–water partition coefficient (Wildman–Crippen LogP) is 3.44. The second-order valence-corrected chi connectivity index (χ2v) is 5.27. The molecule has 19 heavy (non-hydrogen) atoms. The fourth-order valence-corrected chi connectivity index (χ4v) is 3.07. The van der Waals surface area contributed by atoms with Crippen LogP contribution in [0.1, 0.15) is 23.1 Å². The first-order valence-electron chi connectivity index (χ1n) is 6.90. The highest BCUT2D eigenvalue weighted by Gasteiger charge is 2.21. The van der Waals surface area contributed by atoms with Gasteiger partial charge in [0.25, 0.3) is 0 Å². The monoisotopic (exact) mass is 253 g/mol. The summed E-state index contributed by atoms with van der Waals surface area (Å²) in [4.78, 5) is 4.08. The maximum Gasteiger partial charge on any atom is 0.122 e. The first kappa shape index (κ1) is 12.2. The van der Waals surface area contributed by atoms with Crippen LogP contribution in [0.4, 0.5) is 0 Å². The summed E-state index contributed by atoms with van der Waals surface area (Å²) in [7, 11) is 1.76. The minimum atomic E-state index is 0.738. The fraction of sp³-hybridized carbons (Fsp3) is 0.353. The summed E-state index contributed by atoms with van der Waals surface area (Å²) in [6.45, 7) is 0. The second-order valence-electron chi connectivity index (χ2n) is 5.27. The Balaban J connectivity index is 1.76. The van der Waals surface area contributed by atoms with Crippen LogP contribution in [-0.2, 0) is 19.3 Å². The van der Waals surface area contributed by atoms with E-state index in [1.165, 1.54) is 23.1 Å². The van der Waals surface area contributed by atoms with Gasteiger partial charge in [0, 0.05) is 12.4 Å². The highest BCUT2D eigenvalue weighted by molar-refractivity contribution is 5.42. The maximum atomic E-state index is 5.46. The number of hydrogen-bond donors (Lipinski definition) is 0. The van der Waals surface area contributed by atoms with E-state index in [1.54, 1.807) is 7.11 Å². The van der Waals surface area contributed by atoms with Gasteiger partial charge in [-0.1, -0.05) is 12.1 Å². The van der Waals surface area contributed by atoms with Crippen molar-refractivity contribution in [2.45, 2.75) is 25.7 Å². The van der Waals surface area contributed by atoms with E-state index in [9.17, 15) is 0 Å². The van der Waals surface area contributed by atoms with Crippen LogP contribution in [0.5, 0.6) is 5.75 Å². The largest absolute Gasteiger partial charge is 0.496 e. The molecule has 98 valence electrons. The standard InChI is InChI=1S/C17H19NO/c1-19-17-4-2-3-15-12-14(5-6-16(15)17)11-13-7-9-18-10-8-13/h2-4,7-10,14H,5-6,11-12H2,1H3/t14-/m0/s1. The number of rotatable bonds is 3. The molecule has 1 aliphatic rings. The first-order valence-corrected chi connectivity index (χ1v) is 6.90. The molecule has 1 aliphatic carbocycles. The van der Waals surface area contributed by atoms with Crippen LogP contribution in [0.3, 0.4) is 0 Å². The van der Waals surface area contributed by atoms with Crippen LogP contribution >= 0.6 is 0 Å². The smallest absolute Gasteiger partial charge is 0.122 e. The number of methoxy groups -OCH3 is 1. The Morgan fingerprint density at radius 1 is 1.21 bits per heavy atom. The van der Waals surface area contributed by atoms with E-state index in [0.717, 1.165) is 30.9 Å². The fourth-order valence-electron chi connectivity index (χ4n) is 3.07. The topological polar surface area (TPSA) is 22.1 Å². The molecule has 3 rings (SSSR count). The molecule has 0 spiro atoms. The zero-order valence-corrected chi connectivity index (χ0v) is 11.3. The molecule has 0 aliphatic heterocycles. The van der Waals surface area contributed by atoms with Crippen LogP contribution in [0.2, 0.25) is 0 Å². The molecule has 2 heteroatoms. The Kier molecular flexibility index (Phi) is 3.49. The zero-order chi connectivity index (χ0) is 13.1. The Hall–Kier alpha value is -1.83. The number of benzene rings is 1. The van der Waals surface area contributed by atoms with Crippen molar-refractivity contribution in [1.29, 1.82) is 0 Å². The molecule has 1 atom stereocenters. The van der Waals surface area contributed by atoms with E-state index >= 15 is 0 Å². The molecule has 2 aromatic rings. The second kappa shape index (κ2) is 5.43. The SMILES string of the molecule is COc1cccc2c1CC[C@@H](Cc1ccncc1)C2. The van der Waals surface area contributed by atoms with Gasteiger partial charge in [0.05, 0.1) is 7.11 Å². The van der Waals surface area contributed by atoms with Crippen molar-refractivity contribution in [2.24, 2.45) is 5.92 Å². The van der Waals surface area contributed by atoms with E-state index in [-0.39, 0.29) is 0 Å². The molecule has 0 radical (unpaired) electrons. The van der Waals surface area contributed by atoms with Crippen molar-refractivity contribution in [1.82, 2.24) is 4.98 Å². The average Bonchev–Trinajstić information content (AvgIpc) is 2.47.